The highest BCUT2D eigenvalue weighted by molar-refractivity contribution is 5.85. The second-order valence-corrected chi connectivity index (χ2v) is 7.44. The molecule has 2 aliphatic rings. The highest BCUT2D eigenvalue weighted by atomic mass is 16.2. The molecule has 0 aromatic carbocycles. The van der Waals surface area contributed by atoms with Crippen LogP contribution in [0.5, 0.6) is 0 Å². The molecular weight excluding hydrogens is 288 g/mol. The van der Waals surface area contributed by atoms with Gasteiger partial charge in [-0.3, -0.25) is 4.79 Å². The Balaban J connectivity index is 1.98. The summed E-state index contributed by atoms with van der Waals surface area (Å²) >= 11 is 0. The van der Waals surface area contributed by atoms with Crippen LogP contribution in [0.4, 0.5) is 0 Å². The summed E-state index contributed by atoms with van der Waals surface area (Å²) in [5.74, 6) is 1.00. The van der Waals surface area contributed by atoms with Gasteiger partial charge in [-0.1, -0.05) is 32.6 Å². The van der Waals surface area contributed by atoms with Crippen LogP contribution in [0.3, 0.4) is 0 Å². The van der Waals surface area contributed by atoms with E-state index in [0.717, 1.165) is 32.0 Å². The van der Waals surface area contributed by atoms with Crippen LogP contribution in [0.25, 0.3) is 0 Å². The predicted molar refractivity (Wildman–Crippen MR) is 95.6 cm³/mol. The van der Waals surface area contributed by atoms with Gasteiger partial charge in [0.1, 0.15) is 6.54 Å². The van der Waals surface area contributed by atoms with Gasteiger partial charge in [0.25, 0.3) is 0 Å². The number of hydrogen-bond donors (Lipinski definition) is 1. The molecule has 2 fully saturated rings. The van der Waals surface area contributed by atoms with Gasteiger partial charge >= 0.3 is 0 Å². The third-order valence-electron chi connectivity index (χ3n) is 5.33. The molecule has 0 atom stereocenters. The van der Waals surface area contributed by atoms with Crippen molar-refractivity contribution in [3.05, 3.63) is 0 Å². The predicted octanol–water partition coefficient (Wildman–Crippen LogP) is 2.48. The van der Waals surface area contributed by atoms with E-state index in [9.17, 15) is 4.79 Å². The summed E-state index contributed by atoms with van der Waals surface area (Å²) in [5, 5.41) is 3.48. The summed E-state index contributed by atoms with van der Waals surface area (Å²) in [6.07, 6.45) is 10.5. The van der Waals surface area contributed by atoms with E-state index in [1.54, 1.807) is 19.0 Å². The molecule has 0 bridgehead atoms. The molecule has 0 radical (unpaired) electrons. The van der Waals surface area contributed by atoms with Gasteiger partial charge in [0.2, 0.25) is 5.91 Å². The van der Waals surface area contributed by atoms with Crippen LogP contribution < -0.4 is 5.32 Å². The summed E-state index contributed by atoms with van der Waals surface area (Å²) in [7, 11) is 3.57. The number of likely N-dealkylation sites (tertiary alicyclic amines) is 1. The van der Waals surface area contributed by atoms with Crippen LogP contribution in [0.1, 0.15) is 58.3 Å². The molecule has 2 rings (SSSR count). The Morgan fingerprint density at radius 1 is 1.22 bits per heavy atom. The fourth-order valence-corrected chi connectivity index (χ4v) is 3.75. The Morgan fingerprint density at radius 3 is 2.61 bits per heavy atom. The van der Waals surface area contributed by atoms with Gasteiger partial charge in [-0.15, -0.1) is 0 Å². The maximum Gasteiger partial charge on any atom is 0.243 e. The number of carbonyl (C=O) groups is 1. The molecule has 1 aliphatic carbocycles. The molecule has 1 heterocycles. The summed E-state index contributed by atoms with van der Waals surface area (Å²) in [4.78, 5) is 20.5. The van der Waals surface area contributed by atoms with E-state index in [4.69, 9.17) is 0 Å². The zero-order valence-electron chi connectivity index (χ0n) is 15.2. The highest BCUT2D eigenvalue weighted by Crippen LogP contribution is 2.43. The Morgan fingerprint density at radius 2 is 1.96 bits per heavy atom. The summed E-state index contributed by atoms with van der Waals surface area (Å²) in [6, 6.07) is 0. The van der Waals surface area contributed by atoms with Crippen molar-refractivity contribution in [3.63, 3.8) is 0 Å². The number of unbranched alkanes of at least 4 members (excludes halogenated alkanes) is 1. The van der Waals surface area contributed by atoms with Crippen molar-refractivity contribution < 1.29 is 4.79 Å². The van der Waals surface area contributed by atoms with E-state index in [-0.39, 0.29) is 12.5 Å². The third kappa shape index (κ3) is 5.11. The highest BCUT2D eigenvalue weighted by Gasteiger charge is 2.39. The molecule has 1 spiro atoms. The minimum Gasteiger partial charge on any atom is -0.356 e. The maximum absolute atomic E-state index is 11.9. The van der Waals surface area contributed by atoms with Crippen LogP contribution in [-0.4, -0.2) is 61.9 Å². The second kappa shape index (κ2) is 8.55. The van der Waals surface area contributed by atoms with Crippen molar-refractivity contribution in [3.8, 4) is 0 Å². The van der Waals surface area contributed by atoms with Crippen molar-refractivity contribution in [2.45, 2.75) is 58.3 Å². The van der Waals surface area contributed by atoms with E-state index >= 15 is 0 Å². The van der Waals surface area contributed by atoms with Gasteiger partial charge in [-0.05, 0) is 31.1 Å². The lowest BCUT2D eigenvalue weighted by Crippen LogP contribution is -2.42. The van der Waals surface area contributed by atoms with Crippen molar-refractivity contribution >= 4 is 11.9 Å². The largest absolute Gasteiger partial charge is 0.356 e. The molecule has 1 amide bonds. The van der Waals surface area contributed by atoms with Crippen molar-refractivity contribution in [2.24, 2.45) is 10.4 Å². The normalized spacial score (nSPS) is 20.8. The number of aliphatic imine (C=N–C) groups is 1. The number of guanidine groups is 1. The number of nitrogens with zero attached hydrogens (tertiary/aromatic N) is 3. The van der Waals surface area contributed by atoms with Crippen molar-refractivity contribution in [1.29, 1.82) is 0 Å². The van der Waals surface area contributed by atoms with E-state index in [2.05, 4.69) is 22.1 Å². The van der Waals surface area contributed by atoms with Crippen LogP contribution in [-0.2, 0) is 4.79 Å². The first-order valence-electron chi connectivity index (χ1n) is 9.30. The monoisotopic (exact) mass is 322 g/mol. The standard InChI is InChI=1S/C18H34N4O/c1-4-5-12-19-17(20-14-16(23)21(2)3)22-13-11-18(15-22)9-7-6-8-10-18/h4-15H2,1-3H3,(H,19,20). The summed E-state index contributed by atoms with van der Waals surface area (Å²) in [5.41, 5.74) is 0.511. The van der Waals surface area contributed by atoms with E-state index < -0.39 is 0 Å². The van der Waals surface area contributed by atoms with Gasteiger partial charge in [0.15, 0.2) is 5.96 Å². The molecule has 1 aliphatic heterocycles. The quantitative estimate of drug-likeness (QED) is 0.480. The zero-order chi connectivity index (χ0) is 16.7. The number of hydrogen-bond acceptors (Lipinski definition) is 2. The lowest BCUT2D eigenvalue weighted by Gasteiger charge is -2.33. The Hall–Kier alpha value is -1.26. The smallest absolute Gasteiger partial charge is 0.243 e. The van der Waals surface area contributed by atoms with Gasteiger partial charge in [-0.25, -0.2) is 4.99 Å². The van der Waals surface area contributed by atoms with Gasteiger partial charge in [0, 0.05) is 33.7 Å². The molecule has 5 heteroatoms. The third-order valence-corrected chi connectivity index (χ3v) is 5.33. The zero-order valence-corrected chi connectivity index (χ0v) is 15.2. The topological polar surface area (TPSA) is 47.9 Å². The first-order valence-corrected chi connectivity index (χ1v) is 9.30. The van der Waals surface area contributed by atoms with Gasteiger partial charge < -0.3 is 15.1 Å². The van der Waals surface area contributed by atoms with Crippen LogP contribution in [0.2, 0.25) is 0 Å². The Kier molecular flexibility index (Phi) is 6.72. The van der Waals surface area contributed by atoms with Gasteiger partial charge in [0.05, 0.1) is 0 Å². The Labute approximate surface area is 141 Å². The number of nitrogens with one attached hydrogen (secondary N) is 1. The number of likely N-dealkylation sites (N-methyl/N-ethyl adjacent to an activating group) is 1. The van der Waals surface area contributed by atoms with Crippen molar-refractivity contribution in [2.75, 3.05) is 40.3 Å². The summed E-state index contributed by atoms with van der Waals surface area (Å²) in [6.45, 7) is 5.57. The fraction of sp³-hybridized carbons (Fsp3) is 0.889. The molecule has 0 aromatic rings. The van der Waals surface area contributed by atoms with E-state index in [1.165, 1.54) is 44.9 Å². The van der Waals surface area contributed by atoms with Crippen LogP contribution in [0.15, 0.2) is 4.99 Å². The molecule has 1 saturated carbocycles. The lowest BCUT2D eigenvalue weighted by molar-refractivity contribution is -0.127. The minimum atomic E-state index is 0.0615. The molecule has 0 unspecified atom stereocenters. The Bertz CT molecular complexity index is 413. The van der Waals surface area contributed by atoms with E-state index in [1.807, 2.05) is 0 Å². The molecule has 1 saturated heterocycles. The maximum atomic E-state index is 11.9. The second-order valence-electron chi connectivity index (χ2n) is 7.44. The van der Waals surface area contributed by atoms with E-state index in [0.29, 0.717) is 5.41 Å². The molecule has 0 aromatic heterocycles. The van der Waals surface area contributed by atoms with Crippen molar-refractivity contribution in [1.82, 2.24) is 15.1 Å². The van der Waals surface area contributed by atoms with Crippen LogP contribution in [0, 0.1) is 5.41 Å². The molecule has 1 N–H and O–H groups in total. The average molecular weight is 322 g/mol. The summed E-state index contributed by atoms with van der Waals surface area (Å²) < 4.78 is 0. The number of amides is 1. The number of rotatable bonds is 5. The minimum absolute atomic E-state index is 0.0615. The van der Waals surface area contributed by atoms with Crippen LogP contribution >= 0.6 is 0 Å². The number of carbonyl (C=O) groups excluding carboxylic acids is 1. The molecule has 23 heavy (non-hydrogen) atoms. The fourth-order valence-electron chi connectivity index (χ4n) is 3.75. The first kappa shape index (κ1) is 18.1. The lowest BCUT2D eigenvalue weighted by atomic mass is 9.73. The SMILES string of the molecule is CCCCNC(=NCC(=O)N(C)C)N1CCC2(CCCCC2)C1. The average Bonchev–Trinajstić information content (AvgIpc) is 2.94. The molecule has 5 nitrogen and oxygen atoms in total. The van der Waals surface area contributed by atoms with Gasteiger partial charge in [-0.2, -0.15) is 0 Å². The molecular formula is C18H34N4O. The molecule has 132 valence electrons. The first-order chi connectivity index (χ1) is 11.1.